The van der Waals surface area contributed by atoms with Gasteiger partial charge >= 0.3 is 0 Å². The van der Waals surface area contributed by atoms with E-state index in [1.807, 2.05) is 13.8 Å². The Morgan fingerprint density at radius 3 is 2.38 bits per heavy atom. The van der Waals surface area contributed by atoms with Gasteiger partial charge in [-0.1, -0.05) is 13.8 Å². The Kier molecular flexibility index (Phi) is 4.42. The van der Waals surface area contributed by atoms with Crippen LogP contribution in [0.3, 0.4) is 0 Å². The molecule has 1 aliphatic carbocycles. The molecule has 1 aromatic carbocycles. The molecule has 0 aliphatic heterocycles. The van der Waals surface area contributed by atoms with Gasteiger partial charge in [-0.3, -0.25) is 4.79 Å². The fourth-order valence-corrected chi connectivity index (χ4v) is 2.35. The summed E-state index contributed by atoms with van der Waals surface area (Å²) >= 11 is 0. The SMILES string of the molecule is COc1ccc(OC(C)C(=O)NC2CC(O)C2(C)C)cc1. The molecule has 1 aromatic rings. The first kappa shape index (κ1) is 15.6. The maximum Gasteiger partial charge on any atom is 0.261 e. The average molecular weight is 293 g/mol. The molecule has 0 heterocycles. The number of benzene rings is 1. The number of hydrogen-bond acceptors (Lipinski definition) is 4. The van der Waals surface area contributed by atoms with Crippen LogP contribution in [0.2, 0.25) is 0 Å². The van der Waals surface area contributed by atoms with Crippen molar-refractivity contribution in [3.8, 4) is 11.5 Å². The van der Waals surface area contributed by atoms with Gasteiger partial charge < -0.3 is 19.9 Å². The van der Waals surface area contributed by atoms with E-state index in [2.05, 4.69) is 5.32 Å². The summed E-state index contributed by atoms with van der Waals surface area (Å²) < 4.78 is 10.7. The lowest BCUT2D eigenvalue weighted by atomic mass is 9.64. The highest BCUT2D eigenvalue weighted by atomic mass is 16.5. The van der Waals surface area contributed by atoms with Gasteiger partial charge in [0.2, 0.25) is 0 Å². The number of carbonyl (C=O) groups is 1. The number of nitrogens with one attached hydrogen (secondary N) is 1. The van der Waals surface area contributed by atoms with Crippen molar-refractivity contribution in [1.82, 2.24) is 5.32 Å². The summed E-state index contributed by atoms with van der Waals surface area (Å²) in [7, 11) is 1.60. The molecule has 116 valence electrons. The highest BCUT2D eigenvalue weighted by Crippen LogP contribution is 2.40. The number of rotatable bonds is 5. The van der Waals surface area contributed by atoms with E-state index < -0.39 is 6.10 Å². The molecule has 2 N–H and O–H groups in total. The van der Waals surface area contributed by atoms with E-state index in [4.69, 9.17) is 9.47 Å². The topological polar surface area (TPSA) is 67.8 Å². The van der Waals surface area contributed by atoms with Gasteiger partial charge in [-0.25, -0.2) is 0 Å². The molecule has 5 nitrogen and oxygen atoms in total. The lowest BCUT2D eigenvalue weighted by Gasteiger charge is -2.49. The van der Waals surface area contributed by atoms with Crippen LogP contribution in [0.5, 0.6) is 11.5 Å². The van der Waals surface area contributed by atoms with Crippen molar-refractivity contribution in [2.45, 2.75) is 45.4 Å². The fraction of sp³-hybridized carbons (Fsp3) is 0.562. The number of carbonyl (C=O) groups excluding carboxylic acids is 1. The number of methoxy groups -OCH3 is 1. The molecule has 1 amide bonds. The molecule has 1 fully saturated rings. The smallest absolute Gasteiger partial charge is 0.261 e. The predicted octanol–water partition coefficient (Wildman–Crippen LogP) is 1.74. The molecule has 0 saturated heterocycles. The molecule has 0 radical (unpaired) electrons. The Morgan fingerprint density at radius 2 is 1.90 bits per heavy atom. The Bertz CT molecular complexity index is 498. The molecule has 0 aromatic heterocycles. The molecule has 3 atom stereocenters. The minimum atomic E-state index is -0.591. The number of aliphatic hydroxyl groups excluding tert-OH is 1. The quantitative estimate of drug-likeness (QED) is 0.867. The van der Waals surface area contributed by atoms with Gasteiger partial charge in [-0.2, -0.15) is 0 Å². The molecule has 1 aliphatic rings. The average Bonchev–Trinajstić information content (AvgIpc) is 2.47. The zero-order valence-electron chi connectivity index (χ0n) is 12.9. The van der Waals surface area contributed by atoms with Crippen molar-refractivity contribution in [2.24, 2.45) is 5.41 Å². The van der Waals surface area contributed by atoms with E-state index in [0.717, 1.165) is 5.75 Å². The van der Waals surface area contributed by atoms with Crippen LogP contribution in [0.15, 0.2) is 24.3 Å². The monoisotopic (exact) mass is 293 g/mol. The number of ether oxygens (including phenoxy) is 2. The van der Waals surface area contributed by atoms with Crippen molar-refractivity contribution >= 4 is 5.91 Å². The normalized spacial score (nSPS) is 24.6. The van der Waals surface area contributed by atoms with E-state index in [0.29, 0.717) is 12.2 Å². The molecule has 0 bridgehead atoms. The van der Waals surface area contributed by atoms with Crippen LogP contribution >= 0.6 is 0 Å². The lowest BCUT2D eigenvalue weighted by Crippen LogP contribution is -2.62. The van der Waals surface area contributed by atoms with Crippen LogP contribution in [-0.2, 0) is 4.79 Å². The predicted molar refractivity (Wildman–Crippen MR) is 79.4 cm³/mol. The van der Waals surface area contributed by atoms with Gasteiger partial charge in [0.05, 0.1) is 13.2 Å². The van der Waals surface area contributed by atoms with Crippen molar-refractivity contribution in [3.63, 3.8) is 0 Å². The summed E-state index contributed by atoms with van der Waals surface area (Å²) in [5.41, 5.74) is -0.282. The van der Waals surface area contributed by atoms with Gasteiger partial charge in [0.25, 0.3) is 5.91 Å². The number of aliphatic hydroxyl groups is 1. The molecule has 0 spiro atoms. The highest BCUT2D eigenvalue weighted by molar-refractivity contribution is 5.81. The summed E-state index contributed by atoms with van der Waals surface area (Å²) in [5.74, 6) is 1.19. The van der Waals surface area contributed by atoms with E-state index in [9.17, 15) is 9.90 Å². The second-order valence-electron chi connectivity index (χ2n) is 6.07. The molecule has 5 heteroatoms. The van der Waals surface area contributed by atoms with Gasteiger partial charge in [-0.15, -0.1) is 0 Å². The summed E-state index contributed by atoms with van der Waals surface area (Å²) in [4.78, 5) is 12.1. The first-order valence-electron chi connectivity index (χ1n) is 7.13. The first-order valence-corrected chi connectivity index (χ1v) is 7.13. The Morgan fingerprint density at radius 1 is 1.33 bits per heavy atom. The minimum Gasteiger partial charge on any atom is -0.497 e. The zero-order chi connectivity index (χ0) is 15.6. The van der Waals surface area contributed by atoms with Gasteiger partial charge in [0, 0.05) is 11.5 Å². The van der Waals surface area contributed by atoms with Crippen molar-refractivity contribution < 1.29 is 19.4 Å². The third-order valence-corrected chi connectivity index (χ3v) is 4.27. The summed E-state index contributed by atoms with van der Waals surface area (Å²) in [6.45, 7) is 5.60. The molecule has 3 unspecified atom stereocenters. The standard InChI is InChI=1S/C16H23NO4/c1-10(21-12-7-5-11(20-4)6-8-12)15(19)17-13-9-14(18)16(13,2)3/h5-8,10,13-14,18H,9H2,1-4H3,(H,17,19). The Balaban J connectivity index is 1.88. The second kappa shape index (κ2) is 5.93. The second-order valence-corrected chi connectivity index (χ2v) is 6.07. The number of hydrogen-bond donors (Lipinski definition) is 2. The van der Waals surface area contributed by atoms with Crippen LogP contribution < -0.4 is 14.8 Å². The maximum atomic E-state index is 12.1. The minimum absolute atomic E-state index is 0.0121. The van der Waals surface area contributed by atoms with Crippen LogP contribution in [0.1, 0.15) is 27.2 Å². The van der Waals surface area contributed by atoms with Gasteiger partial charge in [0.1, 0.15) is 11.5 Å². The Labute approximate surface area is 125 Å². The van der Waals surface area contributed by atoms with Crippen LogP contribution in [0.25, 0.3) is 0 Å². The van der Waals surface area contributed by atoms with E-state index >= 15 is 0 Å². The molecular weight excluding hydrogens is 270 g/mol. The summed E-state index contributed by atoms with van der Waals surface area (Å²) in [5, 5.41) is 12.6. The molecule has 21 heavy (non-hydrogen) atoms. The third kappa shape index (κ3) is 3.29. The highest BCUT2D eigenvalue weighted by Gasteiger charge is 2.48. The van der Waals surface area contributed by atoms with Crippen LogP contribution in [-0.4, -0.2) is 36.4 Å². The van der Waals surface area contributed by atoms with E-state index in [1.54, 1.807) is 38.3 Å². The molecule has 1 saturated carbocycles. The number of amides is 1. The largest absolute Gasteiger partial charge is 0.497 e. The van der Waals surface area contributed by atoms with Crippen LogP contribution in [0.4, 0.5) is 0 Å². The molecular formula is C16H23NO4. The van der Waals surface area contributed by atoms with Crippen molar-refractivity contribution in [1.29, 1.82) is 0 Å². The molecule has 2 rings (SSSR count). The van der Waals surface area contributed by atoms with Crippen LogP contribution in [0, 0.1) is 5.41 Å². The maximum absolute atomic E-state index is 12.1. The first-order chi connectivity index (χ1) is 9.84. The van der Waals surface area contributed by atoms with Crippen molar-refractivity contribution in [2.75, 3.05) is 7.11 Å². The van der Waals surface area contributed by atoms with Gasteiger partial charge in [-0.05, 0) is 37.6 Å². The summed E-state index contributed by atoms with van der Waals surface area (Å²) in [6, 6.07) is 7.08. The zero-order valence-corrected chi connectivity index (χ0v) is 12.9. The van der Waals surface area contributed by atoms with Crippen molar-refractivity contribution in [3.05, 3.63) is 24.3 Å². The Hall–Kier alpha value is -1.75. The fourth-order valence-electron chi connectivity index (χ4n) is 2.35. The van der Waals surface area contributed by atoms with E-state index in [-0.39, 0.29) is 23.5 Å². The third-order valence-electron chi connectivity index (χ3n) is 4.27. The van der Waals surface area contributed by atoms with Gasteiger partial charge in [0.15, 0.2) is 6.10 Å². The lowest BCUT2D eigenvalue weighted by molar-refractivity contribution is -0.135. The van der Waals surface area contributed by atoms with E-state index in [1.165, 1.54) is 0 Å². The summed E-state index contributed by atoms with van der Waals surface area (Å²) in [6.07, 6.45) is -0.360.